The lowest BCUT2D eigenvalue weighted by atomic mass is 10.1. The van der Waals surface area contributed by atoms with Crippen LogP contribution in [0.15, 0.2) is 24.3 Å². The number of benzene rings is 1. The summed E-state index contributed by atoms with van der Waals surface area (Å²) in [7, 11) is 0. The summed E-state index contributed by atoms with van der Waals surface area (Å²) in [4.78, 5) is 30.0. The number of carbonyl (C=O) groups is 2. The Balaban J connectivity index is 1.21. The smallest absolute Gasteiger partial charge is 0.419 e. The van der Waals surface area contributed by atoms with Crippen LogP contribution in [0.25, 0.3) is 0 Å². The maximum absolute atomic E-state index is 13.3. The molecule has 0 bridgehead atoms. The van der Waals surface area contributed by atoms with E-state index in [2.05, 4.69) is 5.10 Å². The van der Waals surface area contributed by atoms with Gasteiger partial charge in [0.15, 0.2) is 5.69 Å². The molecule has 0 radical (unpaired) electrons. The number of amides is 2. The van der Waals surface area contributed by atoms with Crippen molar-refractivity contribution in [2.45, 2.75) is 77.0 Å². The largest absolute Gasteiger partial charge is 0.490 e. The van der Waals surface area contributed by atoms with Crippen LogP contribution in [-0.4, -0.2) is 75.9 Å². The molecular formula is C27H33F3N4O4. The molecule has 2 aromatic rings. The Kier molecular flexibility index (Phi) is 7.39. The number of aromatic nitrogens is 2. The van der Waals surface area contributed by atoms with E-state index in [1.807, 2.05) is 13.8 Å². The number of rotatable bonds is 5. The number of para-hydroxylation sites is 1. The second-order valence-corrected chi connectivity index (χ2v) is 10.4. The van der Waals surface area contributed by atoms with Gasteiger partial charge in [0.1, 0.15) is 18.4 Å². The topological polar surface area (TPSA) is 76.9 Å². The van der Waals surface area contributed by atoms with Gasteiger partial charge in [0.2, 0.25) is 5.91 Å². The van der Waals surface area contributed by atoms with Gasteiger partial charge in [-0.2, -0.15) is 18.3 Å². The first-order valence-corrected chi connectivity index (χ1v) is 13.2. The number of hydrogen-bond acceptors (Lipinski definition) is 5. The highest BCUT2D eigenvalue weighted by molar-refractivity contribution is 5.94. The van der Waals surface area contributed by atoms with Gasteiger partial charge in [-0.3, -0.25) is 14.3 Å². The monoisotopic (exact) mass is 534 g/mol. The Morgan fingerprint density at radius 3 is 2.42 bits per heavy atom. The van der Waals surface area contributed by atoms with Gasteiger partial charge in [-0.15, -0.1) is 0 Å². The van der Waals surface area contributed by atoms with Gasteiger partial charge in [0.05, 0.1) is 17.8 Å². The van der Waals surface area contributed by atoms with Crippen LogP contribution < -0.4 is 4.74 Å². The predicted octanol–water partition coefficient (Wildman–Crippen LogP) is 3.71. The molecule has 2 fully saturated rings. The summed E-state index contributed by atoms with van der Waals surface area (Å²) in [6.07, 6.45) is -1.66. The second kappa shape index (κ2) is 10.6. The molecule has 38 heavy (non-hydrogen) atoms. The Morgan fingerprint density at radius 1 is 1.05 bits per heavy atom. The van der Waals surface area contributed by atoms with Crippen LogP contribution >= 0.6 is 0 Å². The average Bonchev–Trinajstić information content (AvgIpc) is 3.47. The lowest BCUT2D eigenvalue weighted by Gasteiger charge is -2.35. The van der Waals surface area contributed by atoms with Crippen LogP contribution in [0.4, 0.5) is 13.2 Å². The molecule has 5 rings (SSSR count). The van der Waals surface area contributed by atoms with Crippen LogP contribution in [-0.2, 0) is 35.1 Å². The van der Waals surface area contributed by atoms with Gasteiger partial charge in [-0.05, 0) is 45.2 Å². The summed E-state index contributed by atoms with van der Waals surface area (Å²) < 4.78 is 53.0. The number of alkyl halides is 3. The minimum Gasteiger partial charge on any atom is -0.490 e. The molecule has 1 aromatic heterocycles. The van der Waals surface area contributed by atoms with Crippen molar-refractivity contribution < 1.29 is 32.2 Å². The summed E-state index contributed by atoms with van der Waals surface area (Å²) in [6, 6.07) is 5.19. The van der Waals surface area contributed by atoms with E-state index in [1.165, 1.54) is 18.2 Å². The van der Waals surface area contributed by atoms with Crippen LogP contribution in [0.5, 0.6) is 5.75 Å². The summed E-state index contributed by atoms with van der Waals surface area (Å²) in [5, 5.41) is 4.60. The predicted molar refractivity (Wildman–Crippen MR) is 132 cm³/mol. The Morgan fingerprint density at radius 2 is 1.74 bits per heavy atom. The summed E-state index contributed by atoms with van der Waals surface area (Å²) in [5.41, 5.74) is 1.52. The van der Waals surface area contributed by atoms with Gasteiger partial charge in [-0.25, -0.2) is 0 Å². The number of likely N-dealkylation sites (tertiary alicyclic amines) is 1. The van der Waals surface area contributed by atoms with E-state index < -0.39 is 17.8 Å². The zero-order valence-corrected chi connectivity index (χ0v) is 21.7. The van der Waals surface area contributed by atoms with Gasteiger partial charge in [0.25, 0.3) is 5.91 Å². The van der Waals surface area contributed by atoms with E-state index in [1.54, 1.807) is 14.5 Å². The molecule has 0 saturated carbocycles. The van der Waals surface area contributed by atoms with Crippen LogP contribution in [0.2, 0.25) is 0 Å². The maximum atomic E-state index is 13.3. The third-order valence-corrected chi connectivity index (χ3v) is 7.48. The van der Waals surface area contributed by atoms with E-state index in [9.17, 15) is 22.8 Å². The molecule has 3 aliphatic rings. The highest BCUT2D eigenvalue weighted by Gasteiger charge is 2.36. The highest BCUT2D eigenvalue weighted by atomic mass is 19.4. The van der Waals surface area contributed by atoms with Gasteiger partial charge >= 0.3 is 6.18 Å². The van der Waals surface area contributed by atoms with Crippen LogP contribution in [0, 0.1) is 0 Å². The quantitative estimate of drug-likeness (QED) is 0.585. The number of hydrogen-bond donors (Lipinski definition) is 0. The molecule has 1 aromatic carbocycles. The van der Waals surface area contributed by atoms with Crippen LogP contribution in [0.1, 0.15) is 60.4 Å². The number of nitrogens with zero attached hydrogens (tertiary/aromatic N) is 4. The lowest BCUT2D eigenvalue weighted by Crippen LogP contribution is -2.48. The third kappa shape index (κ3) is 5.52. The van der Waals surface area contributed by atoms with E-state index in [4.69, 9.17) is 9.47 Å². The lowest BCUT2D eigenvalue weighted by molar-refractivity contribution is -0.139. The van der Waals surface area contributed by atoms with Crippen molar-refractivity contribution in [1.82, 2.24) is 19.6 Å². The second-order valence-electron chi connectivity index (χ2n) is 10.4. The minimum absolute atomic E-state index is 0.0357. The molecule has 0 spiro atoms. The highest BCUT2D eigenvalue weighted by Crippen LogP contribution is 2.37. The molecular weight excluding hydrogens is 501 g/mol. The van der Waals surface area contributed by atoms with E-state index in [0.29, 0.717) is 44.7 Å². The van der Waals surface area contributed by atoms with E-state index in [-0.39, 0.29) is 36.3 Å². The first kappa shape index (κ1) is 26.5. The van der Waals surface area contributed by atoms with Crippen molar-refractivity contribution in [2.75, 3.05) is 26.2 Å². The van der Waals surface area contributed by atoms with Gasteiger partial charge in [-0.1, -0.05) is 12.1 Å². The van der Waals surface area contributed by atoms with Crippen molar-refractivity contribution in [2.24, 2.45) is 0 Å². The molecule has 2 atom stereocenters. The van der Waals surface area contributed by atoms with Crippen molar-refractivity contribution in [3.8, 4) is 5.75 Å². The summed E-state index contributed by atoms with van der Waals surface area (Å²) >= 11 is 0. The Labute approximate surface area is 219 Å². The SMILES string of the molecule is C[C@@H]1CN(C(=O)c2nn(CC(=O)N3CCC(Oc4ccccc4C(F)(F)F)CC3)c3c2CCC3)C[C@H](C)O1. The number of morpholine rings is 1. The molecule has 2 aliphatic heterocycles. The molecule has 0 N–H and O–H groups in total. The van der Waals surface area contributed by atoms with Gasteiger partial charge in [0, 0.05) is 50.3 Å². The van der Waals surface area contributed by atoms with Gasteiger partial charge < -0.3 is 19.3 Å². The molecule has 3 heterocycles. The van der Waals surface area contributed by atoms with Crippen molar-refractivity contribution in [1.29, 1.82) is 0 Å². The number of fused-ring (bicyclic) bond motifs is 1. The fourth-order valence-corrected chi connectivity index (χ4v) is 5.74. The molecule has 11 heteroatoms. The fourth-order valence-electron chi connectivity index (χ4n) is 5.74. The summed E-state index contributed by atoms with van der Waals surface area (Å²) in [6.45, 7) is 5.71. The van der Waals surface area contributed by atoms with Crippen molar-refractivity contribution in [3.05, 3.63) is 46.8 Å². The van der Waals surface area contributed by atoms with E-state index in [0.717, 1.165) is 36.6 Å². The molecule has 2 amide bonds. The molecule has 206 valence electrons. The standard InChI is InChI=1S/C27H33F3N4O4/c1-17-14-33(15-18(2)37-17)26(36)25-20-6-5-8-22(20)34(31-25)16-24(35)32-12-10-19(11-13-32)38-23-9-4-3-7-21(23)27(28,29)30/h3-4,7,9,17-19H,5-6,8,10-16H2,1-2H3/t17-,18+. The molecule has 8 nitrogen and oxygen atoms in total. The first-order valence-electron chi connectivity index (χ1n) is 13.2. The summed E-state index contributed by atoms with van der Waals surface area (Å²) in [5.74, 6) is -0.421. The molecule has 1 aliphatic carbocycles. The number of halogens is 3. The Bertz CT molecular complexity index is 1180. The minimum atomic E-state index is -4.49. The Hall–Kier alpha value is -3.08. The van der Waals surface area contributed by atoms with Crippen molar-refractivity contribution in [3.63, 3.8) is 0 Å². The van der Waals surface area contributed by atoms with E-state index >= 15 is 0 Å². The number of ether oxygens (including phenoxy) is 2. The zero-order chi connectivity index (χ0) is 27.0. The normalized spacial score (nSPS) is 22.4. The molecule has 0 unspecified atom stereocenters. The zero-order valence-electron chi connectivity index (χ0n) is 21.7. The fraction of sp³-hybridized carbons (Fsp3) is 0.593. The maximum Gasteiger partial charge on any atom is 0.419 e. The van der Waals surface area contributed by atoms with Crippen LogP contribution in [0.3, 0.4) is 0 Å². The number of carbonyl (C=O) groups excluding carboxylic acids is 2. The van der Waals surface area contributed by atoms with Crippen molar-refractivity contribution >= 4 is 11.8 Å². The third-order valence-electron chi connectivity index (χ3n) is 7.48. The molecule has 2 saturated heterocycles. The average molecular weight is 535 g/mol. The number of piperidine rings is 1. The first-order chi connectivity index (χ1) is 18.1.